The molecule has 0 radical (unpaired) electrons. The number of hydrogen-bond donors (Lipinski definition) is 2. The van der Waals surface area contributed by atoms with E-state index in [2.05, 4.69) is 10.6 Å². The number of amides is 2. The molecule has 34 heavy (non-hydrogen) atoms. The maximum atomic E-state index is 13.3. The van der Waals surface area contributed by atoms with Crippen LogP contribution in [-0.2, 0) is 4.79 Å². The minimum atomic E-state index is -0.509. The van der Waals surface area contributed by atoms with Crippen LogP contribution >= 0.6 is 23.4 Å². The minimum absolute atomic E-state index is 0.187. The molecule has 4 rings (SSSR count). The molecular weight excluding hydrogens is 472 g/mol. The third kappa shape index (κ3) is 5.81. The Kier molecular flexibility index (Phi) is 7.57. The summed E-state index contributed by atoms with van der Waals surface area (Å²) in [7, 11) is 1.54. The molecule has 172 valence electrons. The van der Waals surface area contributed by atoms with Gasteiger partial charge in [0.1, 0.15) is 11.0 Å². The maximum Gasteiger partial charge on any atom is 0.291 e. The van der Waals surface area contributed by atoms with Crippen molar-refractivity contribution < 1.29 is 18.7 Å². The van der Waals surface area contributed by atoms with Crippen molar-refractivity contribution in [2.24, 2.45) is 0 Å². The Morgan fingerprint density at radius 3 is 2.29 bits per heavy atom. The highest BCUT2D eigenvalue weighted by Crippen LogP contribution is 2.37. The number of nitrogens with one attached hydrogen (secondary N) is 2. The molecule has 0 bridgehead atoms. The van der Waals surface area contributed by atoms with Gasteiger partial charge in [-0.2, -0.15) is 0 Å². The molecule has 1 aromatic heterocycles. The fourth-order valence-corrected chi connectivity index (χ4v) is 4.49. The van der Waals surface area contributed by atoms with Gasteiger partial charge in [-0.05, 0) is 60.2 Å². The van der Waals surface area contributed by atoms with E-state index in [9.17, 15) is 9.59 Å². The van der Waals surface area contributed by atoms with Gasteiger partial charge in [0, 0.05) is 16.3 Å². The second-order valence-electron chi connectivity index (χ2n) is 7.20. The van der Waals surface area contributed by atoms with Gasteiger partial charge >= 0.3 is 0 Å². The van der Waals surface area contributed by atoms with Crippen molar-refractivity contribution in [3.63, 3.8) is 0 Å². The third-order valence-corrected chi connectivity index (χ3v) is 6.43. The van der Waals surface area contributed by atoms with Crippen molar-refractivity contribution in [2.75, 3.05) is 17.7 Å². The van der Waals surface area contributed by atoms with Crippen LogP contribution in [0.25, 0.3) is 0 Å². The topological polar surface area (TPSA) is 80.6 Å². The molecule has 0 spiro atoms. The lowest BCUT2D eigenvalue weighted by Gasteiger charge is -2.18. The fraction of sp³-hybridized carbons (Fsp3) is 0.0769. The monoisotopic (exact) mass is 492 g/mol. The van der Waals surface area contributed by atoms with Gasteiger partial charge in [0.15, 0.2) is 5.76 Å². The fourth-order valence-electron chi connectivity index (χ4n) is 3.21. The molecule has 1 heterocycles. The van der Waals surface area contributed by atoms with Crippen LogP contribution in [0, 0.1) is 0 Å². The molecule has 4 aromatic rings. The number of anilines is 2. The van der Waals surface area contributed by atoms with E-state index in [0.29, 0.717) is 22.1 Å². The minimum Gasteiger partial charge on any atom is -0.495 e. The number of ether oxygens (including phenoxy) is 1. The summed E-state index contributed by atoms with van der Waals surface area (Å²) in [6.07, 6.45) is 1.45. The Labute approximate surface area is 206 Å². The zero-order valence-electron chi connectivity index (χ0n) is 18.2. The molecule has 2 N–H and O–H groups in total. The second kappa shape index (κ2) is 11.0. The summed E-state index contributed by atoms with van der Waals surface area (Å²) >= 11 is 7.61. The van der Waals surface area contributed by atoms with E-state index >= 15 is 0 Å². The molecule has 0 aliphatic rings. The third-order valence-electron chi connectivity index (χ3n) is 4.87. The number of carbonyl (C=O) groups excluding carboxylic acids is 2. The van der Waals surface area contributed by atoms with Crippen molar-refractivity contribution in [3.8, 4) is 5.75 Å². The number of rotatable bonds is 8. The van der Waals surface area contributed by atoms with Crippen LogP contribution in [0.4, 0.5) is 11.4 Å². The molecule has 0 aliphatic carbocycles. The van der Waals surface area contributed by atoms with E-state index < -0.39 is 5.25 Å². The largest absolute Gasteiger partial charge is 0.495 e. The number of hydrogen-bond acceptors (Lipinski definition) is 5. The molecule has 8 heteroatoms. The van der Waals surface area contributed by atoms with Crippen LogP contribution in [0.2, 0.25) is 5.02 Å². The molecule has 6 nitrogen and oxygen atoms in total. The number of carbonyl (C=O) groups is 2. The summed E-state index contributed by atoms with van der Waals surface area (Å²) in [4.78, 5) is 26.3. The van der Waals surface area contributed by atoms with Crippen molar-refractivity contribution in [1.82, 2.24) is 0 Å². The van der Waals surface area contributed by atoms with E-state index in [4.69, 9.17) is 20.8 Å². The lowest BCUT2D eigenvalue weighted by molar-refractivity contribution is -0.115. The molecule has 1 unspecified atom stereocenters. The van der Waals surface area contributed by atoms with E-state index in [1.54, 1.807) is 42.5 Å². The van der Waals surface area contributed by atoms with Gasteiger partial charge in [-0.15, -0.1) is 11.8 Å². The zero-order valence-corrected chi connectivity index (χ0v) is 19.7. The predicted octanol–water partition coefficient (Wildman–Crippen LogP) is 6.67. The Hall–Kier alpha value is -3.68. The van der Waals surface area contributed by atoms with Crippen LogP contribution in [0.1, 0.15) is 21.4 Å². The van der Waals surface area contributed by atoms with Gasteiger partial charge in [-0.25, -0.2) is 0 Å². The summed E-state index contributed by atoms with van der Waals surface area (Å²) in [6.45, 7) is 0. The van der Waals surface area contributed by atoms with Gasteiger partial charge in [0.2, 0.25) is 5.91 Å². The van der Waals surface area contributed by atoms with E-state index in [1.165, 1.54) is 25.1 Å². The molecular formula is C26H21ClN2O4S. The zero-order chi connectivity index (χ0) is 23.9. The SMILES string of the molecule is COc1ccc(NC(=O)C(Sc2ccc(NC(=O)c3ccco3)cc2)c2ccccc2)cc1Cl. The highest BCUT2D eigenvalue weighted by atomic mass is 35.5. The van der Waals surface area contributed by atoms with Gasteiger partial charge in [-0.1, -0.05) is 41.9 Å². The summed E-state index contributed by atoms with van der Waals surface area (Å²) < 4.78 is 10.3. The van der Waals surface area contributed by atoms with Crippen LogP contribution in [0.5, 0.6) is 5.75 Å². The Morgan fingerprint density at radius 2 is 1.65 bits per heavy atom. The Bertz CT molecular complexity index is 1260. The van der Waals surface area contributed by atoms with Crippen molar-refractivity contribution >= 4 is 46.6 Å². The van der Waals surface area contributed by atoms with Crippen molar-refractivity contribution in [2.45, 2.75) is 10.1 Å². The lowest BCUT2D eigenvalue weighted by Crippen LogP contribution is -2.19. The number of halogens is 1. The van der Waals surface area contributed by atoms with Gasteiger partial charge < -0.3 is 19.8 Å². The first-order valence-corrected chi connectivity index (χ1v) is 11.6. The normalized spacial score (nSPS) is 11.5. The molecule has 2 amide bonds. The number of methoxy groups -OCH3 is 1. The molecule has 3 aromatic carbocycles. The maximum absolute atomic E-state index is 13.3. The molecule has 0 saturated heterocycles. The molecule has 0 fully saturated rings. The quantitative estimate of drug-likeness (QED) is 0.268. The van der Waals surface area contributed by atoms with E-state index in [-0.39, 0.29) is 17.6 Å². The first-order valence-electron chi connectivity index (χ1n) is 10.3. The first-order chi connectivity index (χ1) is 16.5. The second-order valence-corrected chi connectivity index (χ2v) is 8.79. The van der Waals surface area contributed by atoms with Gasteiger partial charge in [0.05, 0.1) is 18.4 Å². The molecule has 0 aliphatic heterocycles. The summed E-state index contributed by atoms with van der Waals surface area (Å²) in [6, 6.07) is 25.2. The van der Waals surface area contributed by atoms with E-state index in [0.717, 1.165) is 10.5 Å². The van der Waals surface area contributed by atoms with Gasteiger partial charge in [0.25, 0.3) is 5.91 Å². The van der Waals surface area contributed by atoms with Crippen LogP contribution < -0.4 is 15.4 Å². The Morgan fingerprint density at radius 1 is 0.912 bits per heavy atom. The number of furan rings is 1. The smallest absolute Gasteiger partial charge is 0.291 e. The predicted molar refractivity (Wildman–Crippen MR) is 135 cm³/mol. The average Bonchev–Trinajstić information content (AvgIpc) is 3.39. The first kappa shape index (κ1) is 23.5. The highest BCUT2D eigenvalue weighted by molar-refractivity contribution is 8.00. The van der Waals surface area contributed by atoms with Gasteiger partial charge in [-0.3, -0.25) is 9.59 Å². The molecule has 0 saturated carbocycles. The summed E-state index contributed by atoms with van der Waals surface area (Å²) in [5, 5.41) is 5.63. The Balaban J connectivity index is 1.49. The number of thioether (sulfide) groups is 1. The van der Waals surface area contributed by atoms with E-state index in [1.807, 2.05) is 42.5 Å². The summed E-state index contributed by atoms with van der Waals surface area (Å²) in [5.74, 6) is 0.253. The van der Waals surface area contributed by atoms with Crippen LogP contribution in [-0.4, -0.2) is 18.9 Å². The molecule has 1 atom stereocenters. The highest BCUT2D eigenvalue weighted by Gasteiger charge is 2.22. The van der Waals surface area contributed by atoms with Crippen LogP contribution in [0.15, 0.2) is 101 Å². The number of benzene rings is 3. The van der Waals surface area contributed by atoms with Crippen LogP contribution in [0.3, 0.4) is 0 Å². The van der Waals surface area contributed by atoms with Crippen molar-refractivity contribution in [1.29, 1.82) is 0 Å². The van der Waals surface area contributed by atoms with Crippen molar-refractivity contribution in [3.05, 3.63) is 108 Å². The standard InChI is InChI=1S/C26H21ClN2O4S/c1-32-22-14-11-19(16-21(22)27)29-26(31)24(17-6-3-2-4-7-17)34-20-12-9-18(10-13-20)28-25(30)23-8-5-15-33-23/h2-16,24H,1H3,(H,28,30)(H,29,31). The summed E-state index contributed by atoms with van der Waals surface area (Å²) in [5.41, 5.74) is 2.06. The average molecular weight is 493 g/mol. The lowest BCUT2D eigenvalue weighted by atomic mass is 10.1.